The average Bonchev–Trinajstić information content (AvgIpc) is 2.95. The lowest BCUT2D eigenvalue weighted by atomic mass is 9.83. The van der Waals surface area contributed by atoms with Gasteiger partial charge in [0.15, 0.2) is 11.5 Å². The summed E-state index contributed by atoms with van der Waals surface area (Å²) in [5.74, 6) is 1.73. The standard InChI is InChI=1S/C32H34N2O6/c1-5-15-37-26-9-7-6-8-24(26)32(35)39-22-11-12-23-28(18-22)40-31(34)25(19-33)30(23)21-10-13-27(29(17-21)36-4)38-16-14-20(2)3/h6-13,17-18,20,30H,5,14-16,34H2,1-4H3. The van der Waals surface area contributed by atoms with E-state index in [1.165, 1.54) is 0 Å². The van der Waals surface area contributed by atoms with Crippen molar-refractivity contribution >= 4 is 5.97 Å². The number of ether oxygens (including phenoxy) is 5. The van der Waals surface area contributed by atoms with E-state index in [0.717, 1.165) is 18.4 Å². The number of hydrogen-bond donors (Lipinski definition) is 1. The van der Waals surface area contributed by atoms with Gasteiger partial charge in [-0.05, 0) is 54.7 Å². The van der Waals surface area contributed by atoms with Crippen LogP contribution in [0, 0.1) is 17.2 Å². The topological polar surface area (TPSA) is 113 Å². The van der Waals surface area contributed by atoms with Crippen LogP contribution in [0.2, 0.25) is 0 Å². The van der Waals surface area contributed by atoms with E-state index in [1.54, 1.807) is 49.6 Å². The van der Waals surface area contributed by atoms with Crippen molar-refractivity contribution in [1.29, 1.82) is 5.26 Å². The van der Waals surface area contributed by atoms with Gasteiger partial charge in [-0.3, -0.25) is 0 Å². The molecule has 0 aliphatic carbocycles. The molecule has 1 heterocycles. The second-order valence-electron chi connectivity index (χ2n) is 9.80. The van der Waals surface area contributed by atoms with Gasteiger partial charge >= 0.3 is 5.97 Å². The molecule has 1 aliphatic rings. The van der Waals surface area contributed by atoms with Crippen molar-refractivity contribution in [2.45, 2.75) is 39.5 Å². The van der Waals surface area contributed by atoms with Crippen molar-refractivity contribution in [1.82, 2.24) is 0 Å². The van der Waals surface area contributed by atoms with E-state index in [1.807, 2.05) is 25.1 Å². The summed E-state index contributed by atoms with van der Waals surface area (Å²) < 4.78 is 28.7. The maximum atomic E-state index is 13.0. The van der Waals surface area contributed by atoms with Gasteiger partial charge in [0.25, 0.3) is 0 Å². The molecular formula is C32H34N2O6. The van der Waals surface area contributed by atoms with Crippen molar-refractivity contribution in [2.24, 2.45) is 11.7 Å². The molecule has 0 saturated heterocycles. The maximum Gasteiger partial charge on any atom is 0.347 e. The Hall–Kier alpha value is -4.64. The zero-order valence-electron chi connectivity index (χ0n) is 23.2. The minimum absolute atomic E-state index is 0.0157. The molecule has 208 valence electrons. The third-order valence-electron chi connectivity index (χ3n) is 6.44. The quantitative estimate of drug-likeness (QED) is 0.220. The normalized spacial score (nSPS) is 14.2. The van der Waals surface area contributed by atoms with Crippen molar-refractivity contribution in [2.75, 3.05) is 20.3 Å². The van der Waals surface area contributed by atoms with E-state index >= 15 is 0 Å². The first-order valence-corrected chi connectivity index (χ1v) is 13.3. The molecule has 0 bridgehead atoms. The summed E-state index contributed by atoms with van der Waals surface area (Å²) in [6.07, 6.45) is 1.73. The zero-order chi connectivity index (χ0) is 28.6. The predicted molar refractivity (Wildman–Crippen MR) is 151 cm³/mol. The molecule has 0 amide bonds. The second-order valence-corrected chi connectivity index (χ2v) is 9.80. The molecule has 0 saturated carbocycles. The molecule has 0 spiro atoms. The van der Waals surface area contributed by atoms with Gasteiger partial charge in [0.05, 0.1) is 26.2 Å². The summed E-state index contributed by atoms with van der Waals surface area (Å²) in [5, 5.41) is 9.95. The number of fused-ring (bicyclic) bond motifs is 1. The molecule has 0 radical (unpaired) electrons. The van der Waals surface area contributed by atoms with Crippen molar-refractivity contribution in [3.8, 4) is 34.8 Å². The Labute approximate surface area is 234 Å². The number of carbonyl (C=O) groups is 1. The third kappa shape index (κ3) is 6.32. The lowest BCUT2D eigenvalue weighted by Crippen LogP contribution is -2.21. The van der Waals surface area contributed by atoms with E-state index in [-0.39, 0.29) is 17.2 Å². The van der Waals surface area contributed by atoms with Crippen LogP contribution in [0.4, 0.5) is 0 Å². The molecule has 3 aromatic carbocycles. The number of methoxy groups -OCH3 is 1. The van der Waals surface area contributed by atoms with Crippen LogP contribution < -0.4 is 29.4 Å². The fourth-order valence-corrected chi connectivity index (χ4v) is 4.36. The van der Waals surface area contributed by atoms with Crippen LogP contribution in [0.3, 0.4) is 0 Å². The fraction of sp³-hybridized carbons (Fsp3) is 0.312. The molecule has 1 unspecified atom stereocenters. The Kier molecular flexibility index (Phi) is 9.18. The number of rotatable bonds is 11. The van der Waals surface area contributed by atoms with E-state index in [4.69, 9.17) is 29.4 Å². The molecule has 2 N–H and O–H groups in total. The minimum Gasteiger partial charge on any atom is -0.493 e. The number of para-hydroxylation sites is 1. The molecule has 4 rings (SSSR count). The van der Waals surface area contributed by atoms with Gasteiger partial charge in [0, 0.05) is 11.6 Å². The first-order valence-electron chi connectivity index (χ1n) is 13.3. The Morgan fingerprint density at radius 2 is 1.80 bits per heavy atom. The number of benzene rings is 3. The maximum absolute atomic E-state index is 13.0. The van der Waals surface area contributed by atoms with Crippen LogP contribution in [-0.2, 0) is 0 Å². The van der Waals surface area contributed by atoms with E-state index in [9.17, 15) is 10.1 Å². The van der Waals surface area contributed by atoms with E-state index < -0.39 is 11.9 Å². The highest BCUT2D eigenvalue weighted by Gasteiger charge is 2.32. The average molecular weight is 543 g/mol. The highest BCUT2D eigenvalue weighted by molar-refractivity contribution is 5.94. The third-order valence-corrected chi connectivity index (χ3v) is 6.44. The summed E-state index contributed by atoms with van der Waals surface area (Å²) >= 11 is 0. The highest BCUT2D eigenvalue weighted by Crippen LogP contribution is 2.45. The molecule has 3 aromatic rings. The molecular weight excluding hydrogens is 508 g/mol. The molecule has 0 fully saturated rings. The van der Waals surface area contributed by atoms with Crippen LogP contribution in [0.5, 0.6) is 28.7 Å². The number of hydrogen-bond acceptors (Lipinski definition) is 8. The lowest BCUT2D eigenvalue weighted by molar-refractivity contribution is 0.0730. The number of carbonyl (C=O) groups excluding carboxylic acids is 1. The van der Waals surface area contributed by atoms with Crippen molar-refractivity contribution in [3.63, 3.8) is 0 Å². The molecule has 0 aromatic heterocycles. The van der Waals surface area contributed by atoms with Crippen LogP contribution in [-0.4, -0.2) is 26.3 Å². The number of nitrogens with zero attached hydrogens (tertiary/aromatic N) is 1. The van der Waals surface area contributed by atoms with Crippen LogP contribution in [0.15, 0.2) is 72.1 Å². The Balaban J connectivity index is 1.63. The van der Waals surface area contributed by atoms with Crippen LogP contribution in [0.25, 0.3) is 0 Å². The molecule has 8 nitrogen and oxygen atoms in total. The van der Waals surface area contributed by atoms with Crippen molar-refractivity contribution in [3.05, 3.63) is 88.8 Å². The van der Waals surface area contributed by atoms with Gasteiger partial charge in [-0.2, -0.15) is 5.26 Å². The first-order chi connectivity index (χ1) is 19.4. The van der Waals surface area contributed by atoms with Crippen LogP contribution in [0.1, 0.15) is 61.0 Å². The fourth-order valence-electron chi connectivity index (χ4n) is 4.36. The summed E-state index contributed by atoms with van der Waals surface area (Å²) in [7, 11) is 1.58. The van der Waals surface area contributed by atoms with Crippen molar-refractivity contribution < 1.29 is 28.5 Å². The lowest BCUT2D eigenvalue weighted by Gasteiger charge is -2.27. The summed E-state index contributed by atoms with van der Waals surface area (Å²) in [4.78, 5) is 13.0. The van der Waals surface area contributed by atoms with Gasteiger partial charge in [-0.15, -0.1) is 0 Å². The first kappa shape index (κ1) is 28.4. The molecule has 40 heavy (non-hydrogen) atoms. The number of allylic oxidation sites excluding steroid dienone is 1. The molecule has 8 heteroatoms. The highest BCUT2D eigenvalue weighted by atomic mass is 16.5. The predicted octanol–water partition coefficient (Wildman–Crippen LogP) is 6.35. The summed E-state index contributed by atoms with van der Waals surface area (Å²) in [6.45, 7) is 7.33. The zero-order valence-corrected chi connectivity index (χ0v) is 23.2. The number of nitriles is 1. The Morgan fingerprint density at radius 3 is 2.52 bits per heavy atom. The summed E-state index contributed by atoms with van der Waals surface area (Å²) in [6, 6.07) is 19.7. The smallest absolute Gasteiger partial charge is 0.347 e. The number of nitrogens with two attached hydrogens (primary N) is 1. The monoisotopic (exact) mass is 542 g/mol. The van der Waals surface area contributed by atoms with Gasteiger partial charge in [0.2, 0.25) is 5.88 Å². The van der Waals surface area contributed by atoms with Gasteiger partial charge in [-0.25, -0.2) is 4.79 Å². The van der Waals surface area contributed by atoms with E-state index in [2.05, 4.69) is 19.9 Å². The van der Waals surface area contributed by atoms with Gasteiger partial charge < -0.3 is 29.4 Å². The van der Waals surface area contributed by atoms with E-state index in [0.29, 0.717) is 53.3 Å². The Morgan fingerprint density at radius 1 is 1.02 bits per heavy atom. The minimum atomic E-state index is -0.557. The largest absolute Gasteiger partial charge is 0.493 e. The van der Waals surface area contributed by atoms with Gasteiger partial charge in [0.1, 0.15) is 34.5 Å². The molecule has 1 aliphatic heterocycles. The van der Waals surface area contributed by atoms with Gasteiger partial charge in [-0.1, -0.05) is 45.0 Å². The summed E-state index contributed by atoms with van der Waals surface area (Å²) in [5.41, 5.74) is 8.27. The molecule has 1 atom stereocenters. The second kappa shape index (κ2) is 12.9. The Bertz CT molecular complexity index is 1440. The van der Waals surface area contributed by atoms with Crippen LogP contribution >= 0.6 is 0 Å². The number of esters is 1. The SMILES string of the molecule is CCCOc1ccccc1C(=O)Oc1ccc2c(c1)OC(N)=C(C#N)C2c1ccc(OCCC(C)C)c(OC)c1.